The van der Waals surface area contributed by atoms with Crippen molar-refractivity contribution >= 4 is 27.5 Å². The summed E-state index contributed by atoms with van der Waals surface area (Å²) in [5.74, 6) is -0.862. The second kappa shape index (κ2) is 10.8. The molecule has 0 unspecified atom stereocenters. The summed E-state index contributed by atoms with van der Waals surface area (Å²) in [6.45, 7) is 3.21. The fraction of sp³-hybridized carbons (Fsp3) is 0.240. The Kier molecular flexibility index (Phi) is 7.54. The topological polar surface area (TPSA) is 118 Å². The van der Waals surface area contributed by atoms with Crippen molar-refractivity contribution in [3.63, 3.8) is 0 Å². The van der Waals surface area contributed by atoms with Gasteiger partial charge in [-0.15, -0.1) is 0 Å². The van der Waals surface area contributed by atoms with Crippen LogP contribution >= 0.6 is 0 Å². The summed E-state index contributed by atoms with van der Waals surface area (Å²) >= 11 is 0. The van der Waals surface area contributed by atoms with Gasteiger partial charge in [-0.25, -0.2) is 8.42 Å². The molecule has 35 heavy (non-hydrogen) atoms. The zero-order chi connectivity index (χ0) is 24.8. The molecule has 1 aromatic heterocycles. The van der Waals surface area contributed by atoms with Gasteiger partial charge in [-0.2, -0.15) is 4.31 Å². The van der Waals surface area contributed by atoms with E-state index in [1.54, 1.807) is 55.7 Å². The van der Waals surface area contributed by atoms with Gasteiger partial charge in [-0.1, -0.05) is 24.3 Å². The second-order valence-corrected chi connectivity index (χ2v) is 9.97. The molecule has 0 atom stereocenters. The molecule has 182 valence electrons. The van der Waals surface area contributed by atoms with Crippen molar-refractivity contribution in [2.75, 3.05) is 31.6 Å². The van der Waals surface area contributed by atoms with Crippen molar-refractivity contribution in [2.24, 2.45) is 0 Å². The Morgan fingerprint density at radius 3 is 2.51 bits per heavy atom. The molecule has 1 aliphatic rings. The second-order valence-electron chi connectivity index (χ2n) is 8.04. The van der Waals surface area contributed by atoms with Gasteiger partial charge >= 0.3 is 0 Å². The Morgan fingerprint density at radius 2 is 1.77 bits per heavy atom. The number of carbonyl (C=O) groups excluding carboxylic acids is 2. The highest BCUT2D eigenvalue weighted by molar-refractivity contribution is 7.89. The molecule has 1 aliphatic heterocycles. The monoisotopic (exact) mass is 494 g/mol. The van der Waals surface area contributed by atoms with E-state index < -0.39 is 15.9 Å². The number of nitrogens with zero attached hydrogens (tertiary/aromatic N) is 2. The first-order chi connectivity index (χ1) is 16.9. The van der Waals surface area contributed by atoms with Gasteiger partial charge in [0.15, 0.2) is 0 Å². The number of pyridine rings is 1. The van der Waals surface area contributed by atoms with Crippen LogP contribution in [0.1, 0.15) is 31.8 Å². The van der Waals surface area contributed by atoms with E-state index in [9.17, 15) is 18.0 Å². The molecular formula is C25H26N4O5S. The Bertz CT molecular complexity index is 1320. The molecule has 0 radical (unpaired) electrons. The van der Waals surface area contributed by atoms with Crippen molar-refractivity contribution < 1.29 is 22.7 Å². The van der Waals surface area contributed by atoms with Gasteiger partial charge in [-0.05, 0) is 48.4 Å². The van der Waals surface area contributed by atoms with Gasteiger partial charge in [0.25, 0.3) is 11.8 Å². The SMILES string of the molecule is Cc1ccc(S(=O)(=O)N2CCOCC2)cc1C(=O)Nc1ccccc1C(=O)NCc1cccnc1. The van der Waals surface area contributed by atoms with Gasteiger partial charge in [-0.3, -0.25) is 14.6 Å². The first-order valence-electron chi connectivity index (χ1n) is 11.1. The molecule has 2 amide bonds. The fourth-order valence-electron chi connectivity index (χ4n) is 3.70. The number of benzene rings is 2. The molecule has 2 N–H and O–H groups in total. The lowest BCUT2D eigenvalue weighted by Crippen LogP contribution is -2.40. The van der Waals surface area contributed by atoms with E-state index in [-0.39, 0.29) is 36.0 Å². The van der Waals surface area contributed by atoms with Gasteiger partial charge in [0.05, 0.1) is 29.4 Å². The molecule has 4 rings (SSSR count). The molecule has 3 aromatic rings. The molecule has 10 heteroatoms. The number of hydrogen-bond acceptors (Lipinski definition) is 6. The predicted molar refractivity (Wildman–Crippen MR) is 131 cm³/mol. The van der Waals surface area contributed by atoms with E-state index in [0.29, 0.717) is 30.0 Å². The smallest absolute Gasteiger partial charge is 0.255 e. The summed E-state index contributed by atoms with van der Waals surface area (Å²) in [5.41, 5.74) is 2.28. The van der Waals surface area contributed by atoms with E-state index in [4.69, 9.17) is 4.74 Å². The van der Waals surface area contributed by atoms with Crippen molar-refractivity contribution in [3.05, 3.63) is 89.2 Å². The normalized spacial score (nSPS) is 14.3. The van der Waals surface area contributed by atoms with Crippen LogP contribution in [0.2, 0.25) is 0 Å². The highest BCUT2D eigenvalue weighted by atomic mass is 32.2. The standard InChI is InChI=1S/C25H26N4O5S/c1-18-8-9-20(35(32,33)29-11-13-34-14-12-29)15-22(18)25(31)28-23-7-3-2-6-21(23)24(30)27-17-19-5-4-10-26-16-19/h2-10,15-16H,11-14,17H2,1H3,(H,27,30)(H,28,31). The fourth-order valence-corrected chi connectivity index (χ4v) is 5.14. The third-order valence-electron chi connectivity index (χ3n) is 5.66. The van der Waals surface area contributed by atoms with Crippen molar-refractivity contribution in [1.29, 1.82) is 0 Å². The first-order valence-corrected chi connectivity index (χ1v) is 12.6. The highest BCUT2D eigenvalue weighted by Gasteiger charge is 2.27. The first kappa shape index (κ1) is 24.5. The number of aryl methyl sites for hydroxylation is 1. The van der Waals surface area contributed by atoms with Gasteiger partial charge < -0.3 is 15.4 Å². The molecule has 1 fully saturated rings. The van der Waals surface area contributed by atoms with E-state index in [1.165, 1.54) is 16.4 Å². The third-order valence-corrected chi connectivity index (χ3v) is 7.55. The molecule has 0 saturated carbocycles. The number of rotatable bonds is 7. The lowest BCUT2D eigenvalue weighted by Gasteiger charge is -2.26. The average Bonchev–Trinajstić information content (AvgIpc) is 2.89. The lowest BCUT2D eigenvalue weighted by atomic mass is 10.1. The maximum Gasteiger partial charge on any atom is 0.255 e. The minimum absolute atomic E-state index is 0.0395. The van der Waals surface area contributed by atoms with E-state index in [0.717, 1.165) is 5.56 Å². The lowest BCUT2D eigenvalue weighted by molar-refractivity contribution is 0.0730. The maximum atomic E-state index is 13.2. The number of ether oxygens (including phenoxy) is 1. The minimum atomic E-state index is -3.76. The summed E-state index contributed by atoms with van der Waals surface area (Å²) in [4.78, 5) is 30.0. The van der Waals surface area contributed by atoms with E-state index in [1.807, 2.05) is 6.07 Å². The van der Waals surface area contributed by atoms with Gasteiger partial charge in [0.2, 0.25) is 10.0 Å². The average molecular weight is 495 g/mol. The molecule has 0 bridgehead atoms. The predicted octanol–water partition coefficient (Wildman–Crippen LogP) is 2.59. The molecular weight excluding hydrogens is 468 g/mol. The summed E-state index contributed by atoms with van der Waals surface area (Å²) in [6, 6.07) is 14.8. The van der Waals surface area contributed by atoms with Crippen LogP contribution in [0.5, 0.6) is 0 Å². The largest absolute Gasteiger partial charge is 0.379 e. The third kappa shape index (κ3) is 5.73. The number of anilines is 1. The van der Waals surface area contributed by atoms with Crippen LogP contribution in [0.15, 0.2) is 71.9 Å². The van der Waals surface area contributed by atoms with E-state index in [2.05, 4.69) is 15.6 Å². The number of para-hydroxylation sites is 1. The summed E-state index contributed by atoms with van der Waals surface area (Å²) in [7, 11) is -3.76. The number of amides is 2. The van der Waals surface area contributed by atoms with Crippen LogP contribution in [0.3, 0.4) is 0 Å². The Morgan fingerprint density at radius 1 is 1.00 bits per heavy atom. The number of nitrogens with one attached hydrogen (secondary N) is 2. The van der Waals surface area contributed by atoms with Crippen LogP contribution in [0.4, 0.5) is 5.69 Å². The van der Waals surface area contributed by atoms with Crippen LogP contribution in [-0.2, 0) is 21.3 Å². The number of carbonyl (C=O) groups is 2. The number of morpholine rings is 1. The van der Waals surface area contributed by atoms with Crippen molar-refractivity contribution in [3.8, 4) is 0 Å². The molecule has 0 spiro atoms. The molecule has 0 aliphatic carbocycles. The summed E-state index contributed by atoms with van der Waals surface area (Å²) in [5, 5.41) is 5.58. The Balaban J connectivity index is 1.53. The van der Waals surface area contributed by atoms with Crippen LogP contribution in [-0.4, -0.2) is 55.8 Å². The minimum Gasteiger partial charge on any atom is -0.379 e. The highest BCUT2D eigenvalue weighted by Crippen LogP contribution is 2.23. The Labute approximate surface area is 204 Å². The molecule has 2 heterocycles. The zero-order valence-corrected chi connectivity index (χ0v) is 20.0. The summed E-state index contributed by atoms with van der Waals surface area (Å²) < 4.78 is 32.7. The quantitative estimate of drug-likeness (QED) is 0.521. The summed E-state index contributed by atoms with van der Waals surface area (Å²) in [6.07, 6.45) is 3.31. The number of aromatic nitrogens is 1. The van der Waals surface area contributed by atoms with Crippen molar-refractivity contribution in [1.82, 2.24) is 14.6 Å². The number of sulfonamides is 1. The van der Waals surface area contributed by atoms with Gasteiger partial charge in [0.1, 0.15) is 0 Å². The Hall–Kier alpha value is -3.60. The van der Waals surface area contributed by atoms with Crippen molar-refractivity contribution in [2.45, 2.75) is 18.4 Å². The van der Waals surface area contributed by atoms with Crippen LogP contribution < -0.4 is 10.6 Å². The molecule has 1 saturated heterocycles. The maximum absolute atomic E-state index is 13.2. The molecule has 2 aromatic carbocycles. The number of hydrogen-bond donors (Lipinski definition) is 2. The van der Waals surface area contributed by atoms with E-state index >= 15 is 0 Å². The van der Waals surface area contributed by atoms with Crippen LogP contribution in [0.25, 0.3) is 0 Å². The molecule has 9 nitrogen and oxygen atoms in total. The van der Waals surface area contributed by atoms with Crippen LogP contribution in [0, 0.1) is 6.92 Å². The van der Waals surface area contributed by atoms with Gasteiger partial charge in [0, 0.05) is 37.6 Å². The zero-order valence-electron chi connectivity index (χ0n) is 19.2.